The van der Waals surface area contributed by atoms with E-state index in [0.717, 1.165) is 10.0 Å². The van der Waals surface area contributed by atoms with Crippen molar-refractivity contribution >= 4 is 33.7 Å². The molecule has 0 spiro atoms. The molecule has 19 heavy (non-hydrogen) atoms. The second-order valence-electron chi connectivity index (χ2n) is 4.02. The summed E-state index contributed by atoms with van der Waals surface area (Å²) in [5, 5.41) is 0. The van der Waals surface area contributed by atoms with Gasteiger partial charge in [0, 0.05) is 10.0 Å². The van der Waals surface area contributed by atoms with E-state index < -0.39 is 0 Å². The van der Waals surface area contributed by atoms with E-state index in [0.29, 0.717) is 17.1 Å². The molecule has 1 aromatic heterocycles. The van der Waals surface area contributed by atoms with E-state index in [4.69, 9.17) is 9.15 Å². The zero-order valence-corrected chi connectivity index (χ0v) is 11.4. The van der Waals surface area contributed by atoms with E-state index in [2.05, 4.69) is 15.9 Å². The standard InChI is InChI=1S/C15H9BrO3/c16-12-5-3-10(4-6-12)14-9-11(15(17)19-14)8-13-2-1-7-18-13/h1-9H/b11-8-. The summed E-state index contributed by atoms with van der Waals surface area (Å²) in [4.78, 5) is 11.8. The molecule has 3 rings (SSSR count). The third-order valence-corrected chi connectivity index (χ3v) is 3.22. The molecule has 0 radical (unpaired) electrons. The smallest absolute Gasteiger partial charge is 0.343 e. The van der Waals surface area contributed by atoms with E-state index >= 15 is 0 Å². The van der Waals surface area contributed by atoms with Gasteiger partial charge in [0.25, 0.3) is 0 Å². The maximum absolute atomic E-state index is 11.8. The van der Waals surface area contributed by atoms with E-state index in [1.54, 1.807) is 30.5 Å². The Morgan fingerprint density at radius 1 is 1.11 bits per heavy atom. The summed E-state index contributed by atoms with van der Waals surface area (Å²) in [7, 11) is 0. The number of cyclic esters (lactones) is 1. The molecule has 0 fully saturated rings. The van der Waals surface area contributed by atoms with Crippen LogP contribution in [0.15, 0.2) is 63.2 Å². The van der Waals surface area contributed by atoms with E-state index in [1.807, 2.05) is 24.3 Å². The molecule has 0 atom stereocenters. The van der Waals surface area contributed by atoms with Crippen LogP contribution in [0.2, 0.25) is 0 Å². The highest BCUT2D eigenvalue weighted by Gasteiger charge is 2.22. The molecule has 0 saturated carbocycles. The molecule has 1 aliphatic rings. The van der Waals surface area contributed by atoms with Gasteiger partial charge < -0.3 is 9.15 Å². The van der Waals surface area contributed by atoms with Crippen molar-refractivity contribution in [1.29, 1.82) is 0 Å². The van der Waals surface area contributed by atoms with Crippen molar-refractivity contribution in [2.24, 2.45) is 0 Å². The third kappa shape index (κ3) is 2.53. The van der Waals surface area contributed by atoms with Gasteiger partial charge in [-0.2, -0.15) is 0 Å². The van der Waals surface area contributed by atoms with E-state index in [1.165, 1.54) is 0 Å². The SMILES string of the molecule is O=C1OC(c2ccc(Br)cc2)=C/C1=C/c1ccco1. The first-order valence-electron chi connectivity index (χ1n) is 5.67. The van der Waals surface area contributed by atoms with E-state index in [-0.39, 0.29) is 5.97 Å². The molecule has 0 N–H and O–H groups in total. The van der Waals surface area contributed by atoms with E-state index in [9.17, 15) is 4.79 Å². The van der Waals surface area contributed by atoms with Crippen LogP contribution in [0.4, 0.5) is 0 Å². The lowest BCUT2D eigenvalue weighted by Crippen LogP contribution is -1.96. The van der Waals surface area contributed by atoms with Crippen LogP contribution in [0.5, 0.6) is 0 Å². The van der Waals surface area contributed by atoms with Crippen LogP contribution in [0.25, 0.3) is 11.8 Å². The molecular weight excluding hydrogens is 308 g/mol. The number of esters is 1. The fourth-order valence-corrected chi connectivity index (χ4v) is 2.04. The molecule has 0 amide bonds. The summed E-state index contributed by atoms with van der Waals surface area (Å²) in [6.07, 6.45) is 4.94. The average Bonchev–Trinajstić information content (AvgIpc) is 3.02. The second kappa shape index (κ2) is 4.90. The Bertz CT molecular complexity index is 664. The molecule has 3 nitrogen and oxygen atoms in total. The Morgan fingerprint density at radius 2 is 1.89 bits per heavy atom. The minimum absolute atomic E-state index is 0.366. The van der Waals surface area contributed by atoms with Gasteiger partial charge in [0.15, 0.2) is 0 Å². The summed E-state index contributed by atoms with van der Waals surface area (Å²) >= 11 is 3.37. The number of furan rings is 1. The normalized spacial score (nSPS) is 16.6. The molecule has 1 aromatic carbocycles. The molecule has 4 heteroatoms. The molecule has 1 aliphatic heterocycles. The summed E-state index contributed by atoms with van der Waals surface area (Å²) < 4.78 is 11.4. The lowest BCUT2D eigenvalue weighted by molar-refractivity contribution is -0.130. The highest BCUT2D eigenvalue weighted by atomic mass is 79.9. The van der Waals surface area contributed by atoms with Gasteiger partial charge in [0.05, 0.1) is 11.8 Å². The van der Waals surface area contributed by atoms with Gasteiger partial charge in [-0.1, -0.05) is 28.1 Å². The fourth-order valence-electron chi connectivity index (χ4n) is 1.77. The number of benzene rings is 1. The molecule has 2 heterocycles. The highest BCUT2D eigenvalue weighted by Crippen LogP contribution is 2.28. The first-order chi connectivity index (χ1) is 9.22. The predicted octanol–water partition coefficient (Wildman–Crippen LogP) is 4.02. The number of ether oxygens (including phenoxy) is 1. The molecule has 0 unspecified atom stereocenters. The third-order valence-electron chi connectivity index (χ3n) is 2.69. The number of carbonyl (C=O) groups is 1. The lowest BCUT2D eigenvalue weighted by atomic mass is 10.1. The largest absolute Gasteiger partial charge is 0.465 e. The Labute approximate surface area is 118 Å². The zero-order chi connectivity index (χ0) is 13.2. The highest BCUT2D eigenvalue weighted by molar-refractivity contribution is 9.10. The zero-order valence-electron chi connectivity index (χ0n) is 9.80. The van der Waals surface area contributed by atoms with Crippen LogP contribution in [0.3, 0.4) is 0 Å². The predicted molar refractivity (Wildman–Crippen MR) is 74.9 cm³/mol. The van der Waals surface area contributed by atoms with Crippen molar-refractivity contribution in [3.05, 3.63) is 70.1 Å². The topological polar surface area (TPSA) is 39.4 Å². The monoisotopic (exact) mass is 316 g/mol. The molecule has 94 valence electrons. The molecular formula is C15H9BrO3. The van der Waals surface area contributed by atoms with Crippen LogP contribution in [-0.2, 0) is 9.53 Å². The second-order valence-corrected chi connectivity index (χ2v) is 4.94. The summed E-state index contributed by atoms with van der Waals surface area (Å²) in [6, 6.07) is 11.1. The number of hydrogen-bond donors (Lipinski definition) is 0. The summed E-state index contributed by atoms with van der Waals surface area (Å²) in [5.41, 5.74) is 1.34. The number of hydrogen-bond acceptors (Lipinski definition) is 3. The van der Waals surface area contributed by atoms with Crippen molar-refractivity contribution in [1.82, 2.24) is 0 Å². The van der Waals surface area contributed by atoms with Gasteiger partial charge in [0.2, 0.25) is 0 Å². The van der Waals surface area contributed by atoms with Crippen LogP contribution < -0.4 is 0 Å². The first-order valence-corrected chi connectivity index (χ1v) is 6.47. The minimum Gasteiger partial charge on any atom is -0.465 e. The molecule has 0 aliphatic carbocycles. The number of halogens is 1. The van der Waals surface area contributed by atoms with Crippen molar-refractivity contribution in [3.63, 3.8) is 0 Å². The van der Waals surface area contributed by atoms with Crippen molar-refractivity contribution in [2.45, 2.75) is 0 Å². The van der Waals surface area contributed by atoms with Gasteiger partial charge in [-0.25, -0.2) is 4.79 Å². The van der Waals surface area contributed by atoms with Crippen molar-refractivity contribution in [3.8, 4) is 0 Å². The van der Waals surface area contributed by atoms with Crippen LogP contribution in [0, 0.1) is 0 Å². The fraction of sp³-hybridized carbons (Fsp3) is 0. The van der Waals surface area contributed by atoms with Gasteiger partial charge in [0.1, 0.15) is 11.5 Å². The quantitative estimate of drug-likeness (QED) is 0.620. The molecule has 2 aromatic rings. The Kier molecular flexibility index (Phi) is 3.09. The van der Waals surface area contributed by atoms with Gasteiger partial charge in [-0.3, -0.25) is 0 Å². The van der Waals surface area contributed by atoms with Gasteiger partial charge in [-0.05, 0) is 36.4 Å². The maximum atomic E-state index is 11.8. The van der Waals surface area contributed by atoms with Gasteiger partial charge in [-0.15, -0.1) is 0 Å². The summed E-state index contributed by atoms with van der Waals surface area (Å²) in [6.45, 7) is 0. The van der Waals surface area contributed by atoms with Crippen LogP contribution in [-0.4, -0.2) is 5.97 Å². The first kappa shape index (κ1) is 12.0. The van der Waals surface area contributed by atoms with Gasteiger partial charge >= 0.3 is 5.97 Å². The lowest BCUT2D eigenvalue weighted by Gasteiger charge is -2.01. The van der Waals surface area contributed by atoms with Crippen molar-refractivity contribution in [2.75, 3.05) is 0 Å². The number of carbonyl (C=O) groups excluding carboxylic acids is 1. The molecule has 0 bridgehead atoms. The average molecular weight is 317 g/mol. The van der Waals surface area contributed by atoms with Crippen molar-refractivity contribution < 1.29 is 13.9 Å². The van der Waals surface area contributed by atoms with Crippen LogP contribution in [0.1, 0.15) is 11.3 Å². The maximum Gasteiger partial charge on any atom is 0.343 e. The Balaban J connectivity index is 1.93. The Morgan fingerprint density at radius 3 is 2.58 bits per heavy atom. The molecule has 0 saturated heterocycles. The Hall–Kier alpha value is -2.07. The minimum atomic E-state index is -0.366. The number of rotatable bonds is 2. The summed E-state index contributed by atoms with van der Waals surface area (Å²) in [5.74, 6) is 0.810. The van der Waals surface area contributed by atoms with Crippen LogP contribution >= 0.6 is 15.9 Å².